The summed E-state index contributed by atoms with van der Waals surface area (Å²) in [4.78, 5) is 18.3. The van der Waals surface area contributed by atoms with E-state index in [9.17, 15) is 15.0 Å². The van der Waals surface area contributed by atoms with Crippen LogP contribution in [0.2, 0.25) is 0 Å². The van der Waals surface area contributed by atoms with Crippen molar-refractivity contribution in [3.63, 3.8) is 0 Å². The van der Waals surface area contributed by atoms with Crippen molar-refractivity contribution in [3.8, 4) is 5.75 Å². The Labute approximate surface area is 220 Å². The number of benzene rings is 1. The minimum Gasteiger partial charge on any atom is -0.497 e. The van der Waals surface area contributed by atoms with Crippen LogP contribution in [-0.2, 0) is 18.3 Å². The van der Waals surface area contributed by atoms with Gasteiger partial charge in [0.05, 0.1) is 18.7 Å². The van der Waals surface area contributed by atoms with Crippen LogP contribution in [0.3, 0.4) is 0 Å². The highest BCUT2D eigenvalue weighted by Gasteiger charge is 2.30. The van der Waals surface area contributed by atoms with Crippen molar-refractivity contribution in [1.29, 1.82) is 0 Å². The number of rotatable bonds is 13. The number of pyridine rings is 1. The second-order valence-electron chi connectivity index (χ2n) is 10.5. The number of fused-ring (bicyclic) bond motifs is 1. The van der Waals surface area contributed by atoms with E-state index in [0.29, 0.717) is 24.7 Å². The van der Waals surface area contributed by atoms with Gasteiger partial charge < -0.3 is 24.4 Å². The van der Waals surface area contributed by atoms with Crippen LogP contribution in [0.5, 0.6) is 5.75 Å². The predicted octanol–water partition coefficient (Wildman–Crippen LogP) is 5.22. The summed E-state index contributed by atoms with van der Waals surface area (Å²) in [6.45, 7) is 3.06. The Balaban J connectivity index is 1.32. The lowest BCUT2D eigenvalue weighted by Crippen LogP contribution is -2.41. The molecule has 7 nitrogen and oxygen atoms in total. The van der Waals surface area contributed by atoms with Gasteiger partial charge in [0.25, 0.3) is 0 Å². The lowest BCUT2D eigenvalue weighted by atomic mass is 9.79. The Kier molecular flexibility index (Phi) is 9.58. The Bertz CT molecular complexity index is 1160. The minimum atomic E-state index is -0.726. The van der Waals surface area contributed by atoms with Crippen molar-refractivity contribution in [2.75, 3.05) is 26.7 Å². The number of piperidine rings is 1. The first-order chi connectivity index (χ1) is 17.9. The van der Waals surface area contributed by atoms with E-state index in [1.54, 1.807) is 13.3 Å². The molecule has 0 aliphatic carbocycles. The van der Waals surface area contributed by atoms with E-state index in [1.807, 2.05) is 24.3 Å². The molecule has 3 heterocycles. The van der Waals surface area contributed by atoms with Gasteiger partial charge in [0.2, 0.25) is 0 Å². The molecule has 3 atom stereocenters. The summed E-state index contributed by atoms with van der Waals surface area (Å²) in [5.74, 6) is 0.796. The average molecular weight is 508 g/mol. The molecule has 2 N–H and O–H groups in total. The smallest absolute Gasteiger partial charge is 0.303 e. The molecular formula is C30H41N3O4. The minimum absolute atomic E-state index is 0.208. The van der Waals surface area contributed by atoms with Gasteiger partial charge in [-0.25, -0.2) is 0 Å². The van der Waals surface area contributed by atoms with E-state index >= 15 is 0 Å². The summed E-state index contributed by atoms with van der Waals surface area (Å²) in [5.41, 5.74) is 3.09. The monoisotopic (exact) mass is 507 g/mol. The number of aryl methyl sites for hydroxylation is 2. The molecule has 1 saturated heterocycles. The molecule has 1 unspecified atom stereocenters. The molecule has 1 aromatic carbocycles. The number of aliphatic hydroxyl groups is 1. The van der Waals surface area contributed by atoms with Gasteiger partial charge >= 0.3 is 5.97 Å². The fraction of sp³-hybridized carbons (Fsp3) is 0.533. The fourth-order valence-electron chi connectivity index (χ4n) is 5.86. The van der Waals surface area contributed by atoms with Crippen LogP contribution in [-0.4, -0.2) is 57.4 Å². The molecule has 7 heteroatoms. The molecule has 0 spiro atoms. The molecule has 1 aliphatic heterocycles. The van der Waals surface area contributed by atoms with Crippen LogP contribution in [0.25, 0.3) is 10.9 Å². The summed E-state index contributed by atoms with van der Waals surface area (Å²) in [6.07, 6.45) is 10.2. The molecule has 0 radical (unpaired) electrons. The van der Waals surface area contributed by atoms with Crippen molar-refractivity contribution in [1.82, 2.24) is 14.5 Å². The molecule has 0 bridgehead atoms. The maximum Gasteiger partial charge on any atom is 0.303 e. The van der Waals surface area contributed by atoms with Gasteiger partial charge in [0.15, 0.2) is 0 Å². The van der Waals surface area contributed by atoms with Gasteiger partial charge in [-0.2, -0.15) is 0 Å². The maximum absolute atomic E-state index is 11.3. The van der Waals surface area contributed by atoms with E-state index in [2.05, 4.69) is 39.8 Å². The summed E-state index contributed by atoms with van der Waals surface area (Å²) >= 11 is 0. The van der Waals surface area contributed by atoms with Crippen molar-refractivity contribution in [2.45, 2.75) is 57.5 Å². The lowest BCUT2D eigenvalue weighted by molar-refractivity contribution is -0.137. The summed E-state index contributed by atoms with van der Waals surface area (Å²) in [6, 6.07) is 11.9. The third-order valence-corrected chi connectivity index (χ3v) is 8.07. The molecule has 37 heavy (non-hydrogen) atoms. The fourth-order valence-corrected chi connectivity index (χ4v) is 5.86. The van der Waals surface area contributed by atoms with Gasteiger partial charge in [-0.1, -0.05) is 0 Å². The van der Waals surface area contributed by atoms with Gasteiger partial charge in [-0.15, -0.1) is 0 Å². The van der Waals surface area contributed by atoms with Crippen molar-refractivity contribution in [2.24, 2.45) is 18.9 Å². The first kappa shape index (κ1) is 27.1. The molecule has 1 aliphatic rings. The predicted molar refractivity (Wildman–Crippen MR) is 146 cm³/mol. The van der Waals surface area contributed by atoms with Gasteiger partial charge in [0, 0.05) is 43.5 Å². The second kappa shape index (κ2) is 13.1. The number of methoxy groups -OCH3 is 1. The topological polar surface area (TPSA) is 87.8 Å². The number of nitrogens with zero attached hydrogens (tertiary/aromatic N) is 3. The number of carboxylic acids is 1. The van der Waals surface area contributed by atoms with Crippen LogP contribution < -0.4 is 4.74 Å². The molecule has 1 fully saturated rings. The van der Waals surface area contributed by atoms with Gasteiger partial charge in [-0.3, -0.25) is 9.78 Å². The number of ether oxygens (including phenoxy) is 1. The Morgan fingerprint density at radius 1 is 1.19 bits per heavy atom. The van der Waals surface area contributed by atoms with Gasteiger partial charge in [-0.05, 0) is 112 Å². The zero-order valence-corrected chi connectivity index (χ0v) is 22.2. The lowest BCUT2D eigenvalue weighted by Gasteiger charge is -2.39. The number of unbranched alkanes of at least 4 members (excludes halogenated alkanes) is 1. The molecule has 4 rings (SSSR count). The van der Waals surface area contributed by atoms with Crippen LogP contribution in [0, 0.1) is 11.8 Å². The Morgan fingerprint density at radius 2 is 2.05 bits per heavy atom. The van der Waals surface area contributed by atoms with Crippen LogP contribution in [0.1, 0.15) is 62.3 Å². The molecule has 3 aromatic rings. The number of aliphatic hydroxyl groups excluding tert-OH is 1. The summed E-state index contributed by atoms with van der Waals surface area (Å²) < 4.78 is 7.57. The number of hydrogen-bond acceptors (Lipinski definition) is 5. The zero-order valence-electron chi connectivity index (χ0n) is 22.2. The standard InChI is InChI=1S/C30H41N3O4/c1-32-17-5-7-24(32)6-3-4-18-33-19-15-22(23(21-33)9-13-30(35)36)8-12-29(34)26-14-16-31-28-11-10-25(37-2)20-27(26)28/h5,7,10-11,14,16-17,20,22-23,29,34H,3-4,6,8-9,12-13,15,18-19,21H2,1-2H3,(H,35,36)/t22-,23+,29?/m1/s1. The summed E-state index contributed by atoms with van der Waals surface area (Å²) in [7, 11) is 3.73. The third kappa shape index (κ3) is 7.33. The SMILES string of the molecule is COc1ccc2nccc(C(O)CC[C@@H]3CCN(CCCCc4cccn4C)C[C@@H]3CCC(=O)O)c2c1. The van der Waals surface area contributed by atoms with Crippen LogP contribution in [0.15, 0.2) is 48.8 Å². The largest absolute Gasteiger partial charge is 0.497 e. The molecule has 200 valence electrons. The van der Waals surface area contributed by atoms with E-state index in [-0.39, 0.29) is 6.42 Å². The zero-order chi connectivity index (χ0) is 26.2. The molecule has 2 aromatic heterocycles. The first-order valence-electron chi connectivity index (χ1n) is 13.6. The number of carboxylic acid groups (broad SMARTS) is 1. The van der Waals surface area contributed by atoms with E-state index in [1.165, 1.54) is 5.69 Å². The third-order valence-electron chi connectivity index (χ3n) is 8.07. The van der Waals surface area contributed by atoms with Gasteiger partial charge in [0.1, 0.15) is 5.75 Å². The quantitative estimate of drug-likeness (QED) is 0.308. The highest BCUT2D eigenvalue weighted by molar-refractivity contribution is 5.83. The number of aromatic nitrogens is 2. The highest BCUT2D eigenvalue weighted by Crippen LogP contribution is 2.35. The van der Waals surface area contributed by atoms with Crippen LogP contribution in [0.4, 0.5) is 0 Å². The van der Waals surface area contributed by atoms with Crippen LogP contribution >= 0.6 is 0 Å². The number of likely N-dealkylation sites (tertiary alicyclic amines) is 1. The Morgan fingerprint density at radius 3 is 2.81 bits per heavy atom. The van der Waals surface area contributed by atoms with E-state index in [4.69, 9.17) is 4.74 Å². The van der Waals surface area contributed by atoms with E-state index in [0.717, 1.165) is 74.0 Å². The van der Waals surface area contributed by atoms with Crippen molar-refractivity contribution in [3.05, 3.63) is 60.0 Å². The number of aliphatic carboxylic acids is 1. The second-order valence-corrected chi connectivity index (χ2v) is 10.5. The van der Waals surface area contributed by atoms with E-state index < -0.39 is 12.1 Å². The van der Waals surface area contributed by atoms with Crippen molar-refractivity contribution >= 4 is 16.9 Å². The molecule has 0 saturated carbocycles. The maximum atomic E-state index is 11.3. The normalized spacial score (nSPS) is 19.2. The first-order valence-corrected chi connectivity index (χ1v) is 13.6. The molecular weight excluding hydrogens is 466 g/mol. The molecule has 0 amide bonds. The van der Waals surface area contributed by atoms with Crippen molar-refractivity contribution < 1.29 is 19.7 Å². The number of carbonyl (C=O) groups is 1. The summed E-state index contributed by atoms with van der Waals surface area (Å²) in [5, 5.41) is 21.4. The Hall–Kier alpha value is -2.90. The number of hydrogen-bond donors (Lipinski definition) is 2. The average Bonchev–Trinajstić information content (AvgIpc) is 3.32. The highest BCUT2D eigenvalue weighted by atomic mass is 16.5.